The molecule has 4 nitrogen and oxygen atoms in total. The van der Waals surface area contributed by atoms with E-state index in [9.17, 15) is 0 Å². The van der Waals surface area contributed by atoms with Crippen molar-refractivity contribution in [3.63, 3.8) is 0 Å². The Morgan fingerprint density at radius 2 is 2.24 bits per heavy atom. The molecule has 0 aromatic carbocycles. The molecular weight excluding hydrogens is 216 g/mol. The molecule has 1 rings (SSSR count). The average Bonchev–Trinajstić information content (AvgIpc) is 2.39. The van der Waals surface area contributed by atoms with Crippen molar-refractivity contribution in [1.82, 2.24) is 10.3 Å². The summed E-state index contributed by atoms with van der Waals surface area (Å²) >= 11 is 0. The zero-order chi connectivity index (χ0) is 12.5. The van der Waals surface area contributed by atoms with Crippen molar-refractivity contribution in [2.24, 2.45) is 0 Å². The van der Waals surface area contributed by atoms with Gasteiger partial charge in [0.05, 0.1) is 26.0 Å². The predicted molar refractivity (Wildman–Crippen MR) is 68.3 cm³/mol. The molecule has 1 unspecified atom stereocenters. The van der Waals surface area contributed by atoms with E-state index in [2.05, 4.69) is 17.2 Å². The topological polar surface area (TPSA) is 43.4 Å². The summed E-state index contributed by atoms with van der Waals surface area (Å²) in [5.41, 5.74) is 1.10. The van der Waals surface area contributed by atoms with Gasteiger partial charge in [0.25, 0.3) is 0 Å². The van der Waals surface area contributed by atoms with Crippen LogP contribution in [0.3, 0.4) is 0 Å². The molecule has 0 spiro atoms. The maximum atomic E-state index is 5.51. The van der Waals surface area contributed by atoms with Crippen LogP contribution in [-0.4, -0.2) is 31.9 Å². The second kappa shape index (κ2) is 8.03. The number of aromatic nitrogens is 1. The summed E-state index contributed by atoms with van der Waals surface area (Å²) in [7, 11) is 1.66. The van der Waals surface area contributed by atoms with Gasteiger partial charge in [-0.2, -0.15) is 0 Å². The SMILES string of the molecule is CCCNC(COCC)c1ccncc1OC. The van der Waals surface area contributed by atoms with Crippen LogP contribution in [0.4, 0.5) is 0 Å². The predicted octanol–water partition coefficient (Wildman–Crippen LogP) is 2.17. The largest absolute Gasteiger partial charge is 0.495 e. The smallest absolute Gasteiger partial charge is 0.142 e. The van der Waals surface area contributed by atoms with Crippen LogP contribution in [-0.2, 0) is 4.74 Å². The van der Waals surface area contributed by atoms with Gasteiger partial charge >= 0.3 is 0 Å². The first-order chi connectivity index (χ1) is 8.33. The molecule has 1 N–H and O–H groups in total. The monoisotopic (exact) mass is 238 g/mol. The highest BCUT2D eigenvalue weighted by Gasteiger charge is 2.15. The Hall–Kier alpha value is -1.13. The summed E-state index contributed by atoms with van der Waals surface area (Å²) in [5, 5.41) is 3.46. The van der Waals surface area contributed by atoms with Crippen LogP contribution in [0.5, 0.6) is 5.75 Å². The summed E-state index contributed by atoms with van der Waals surface area (Å²) in [6.45, 7) is 6.48. The Morgan fingerprint density at radius 1 is 1.41 bits per heavy atom. The van der Waals surface area contributed by atoms with E-state index < -0.39 is 0 Å². The summed E-state index contributed by atoms with van der Waals surface area (Å²) in [6.07, 6.45) is 4.61. The zero-order valence-corrected chi connectivity index (χ0v) is 10.9. The lowest BCUT2D eigenvalue weighted by molar-refractivity contribution is 0.122. The van der Waals surface area contributed by atoms with E-state index in [0.29, 0.717) is 6.61 Å². The van der Waals surface area contributed by atoms with E-state index in [1.165, 1.54) is 0 Å². The molecule has 0 aliphatic carbocycles. The number of hydrogen-bond donors (Lipinski definition) is 1. The minimum absolute atomic E-state index is 0.160. The molecule has 0 bridgehead atoms. The summed E-state index contributed by atoms with van der Waals surface area (Å²) < 4.78 is 10.8. The first kappa shape index (κ1) is 13.9. The minimum atomic E-state index is 0.160. The van der Waals surface area contributed by atoms with Gasteiger partial charge in [-0.25, -0.2) is 0 Å². The molecule has 1 heterocycles. The van der Waals surface area contributed by atoms with Crippen molar-refractivity contribution >= 4 is 0 Å². The van der Waals surface area contributed by atoms with Gasteiger partial charge in [-0.3, -0.25) is 4.98 Å². The molecule has 0 amide bonds. The Kier molecular flexibility index (Phi) is 6.58. The molecule has 0 radical (unpaired) electrons. The lowest BCUT2D eigenvalue weighted by Crippen LogP contribution is -2.26. The number of nitrogens with zero attached hydrogens (tertiary/aromatic N) is 1. The number of hydrogen-bond acceptors (Lipinski definition) is 4. The van der Waals surface area contributed by atoms with Gasteiger partial charge in [-0.1, -0.05) is 6.92 Å². The number of rotatable bonds is 8. The van der Waals surface area contributed by atoms with Crippen LogP contribution in [0.2, 0.25) is 0 Å². The molecule has 0 aliphatic rings. The highest BCUT2D eigenvalue weighted by Crippen LogP contribution is 2.23. The van der Waals surface area contributed by atoms with Gasteiger partial charge < -0.3 is 14.8 Å². The third-order valence-electron chi connectivity index (χ3n) is 2.54. The molecule has 1 aromatic rings. The lowest BCUT2D eigenvalue weighted by Gasteiger charge is -2.20. The third kappa shape index (κ3) is 4.32. The second-order valence-corrected chi connectivity index (χ2v) is 3.78. The average molecular weight is 238 g/mol. The molecular formula is C13H22N2O2. The van der Waals surface area contributed by atoms with Crippen molar-refractivity contribution in [2.45, 2.75) is 26.3 Å². The van der Waals surface area contributed by atoms with Crippen LogP contribution in [0.25, 0.3) is 0 Å². The van der Waals surface area contributed by atoms with E-state index in [4.69, 9.17) is 9.47 Å². The normalized spacial score (nSPS) is 12.4. The van der Waals surface area contributed by atoms with Gasteiger partial charge in [-0.15, -0.1) is 0 Å². The zero-order valence-electron chi connectivity index (χ0n) is 10.9. The number of pyridine rings is 1. The van der Waals surface area contributed by atoms with Gasteiger partial charge in [0, 0.05) is 18.4 Å². The second-order valence-electron chi connectivity index (χ2n) is 3.78. The van der Waals surface area contributed by atoms with E-state index in [1.807, 2.05) is 13.0 Å². The summed E-state index contributed by atoms with van der Waals surface area (Å²) in [4.78, 5) is 4.07. The number of ether oxygens (including phenoxy) is 2. The number of nitrogens with one attached hydrogen (secondary N) is 1. The molecule has 1 aromatic heterocycles. The fourth-order valence-corrected chi connectivity index (χ4v) is 1.66. The molecule has 17 heavy (non-hydrogen) atoms. The van der Waals surface area contributed by atoms with Crippen molar-refractivity contribution in [3.8, 4) is 5.75 Å². The maximum Gasteiger partial charge on any atom is 0.142 e. The minimum Gasteiger partial charge on any atom is -0.495 e. The number of methoxy groups -OCH3 is 1. The summed E-state index contributed by atoms with van der Waals surface area (Å²) in [6, 6.07) is 2.14. The Bertz CT molecular complexity index is 310. The Labute approximate surface area is 103 Å². The lowest BCUT2D eigenvalue weighted by atomic mass is 10.1. The van der Waals surface area contributed by atoms with Crippen molar-refractivity contribution in [3.05, 3.63) is 24.0 Å². The fourth-order valence-electron chi connectivity index (χ4n) is 1.66. The third-order valence-corrected chi connectivity index (χ3v) is 2.54. The van der Waals surface area contributed by atoms with Crippen molar-refractivity contribution in [1.29, 1.82) is 0 Å². The molecule has 0 aliphatic heterocycles. The summed E-state index contributed by atoms with van der Waals surface area (Å²) in [5.74, 6) is 0.806. The van der Waals surface area contributed by atoms with Crippen molar-refractivity contribution in [2.75, 3.05) is 26.9 Å². The first-order valence-corrected chi connectivity index (χ1v) is 6.12. The van der Waals surface area contributed by atoms with E-state index in [0.717, 1.165) is 30.9 Å². The maximum absolute atomic E-state index is 5.51. The van der Waals surface area contributed by atoms with Gasteiger partial charge in [0.15, 0.2) is 0 Å². The van der Waals surface area contributed by atoms with Crippen LogP contribution in [0, 0.1) is 0 Å². The van der Waals surface area contributed by atoms with Crippen molar-refractivity contribution < 1.29 is 9.47 Å². The van der Waals surface area contributed by atoms with E-state index >= 15 is 0 Å². The fraction of sp³-hybridized carbons (Fsp3) is 0.615. The van der Waals surface area contributed by atoms with Gasteiger partial charge in [0.1, 0.15) is 5.75 Å². The highest BCUT2D eigenvalue weighted by atomic mass is 16.5. The van der Waals surface area contributed by atoms with Crippen LogP contribution in [0.15, 0.2) is 18.5 Å². The molecule has 96 valence electrons. The van der Waals surface area contributed by atoms with E-state index in [-0.39, 0.29) is 6.04 Å². The molecule has 0 saturated heterocycles. The quantitative estimate of drug-likeness (QED) is 0.753. The van der Waals surface area contributed by atoms with Crippen LogP contribution in [0.1, 0.15) is 31.9 Å². The van der Waals surface area contributed by atoms with Crippen LogP contribution >= 0.6 is 0 Å². The molecule has 0 saturated carbocycles. The standard InChI is InChI=1S/C13H22N2O2/c1-4-7-15-12(10-17-5-2)11-6-8-14-9-13(11)16-3/h6,8-9,12,15H,4-5,7,10H2,1-3H3. The highest BCUT2D eigenvalue weighted by molar-refractivity contribution is 5.32. The van der Waals surface area contributed by atoms with Gasteiger partial charge in [-0.05, 0) is 26.0 Å². The Balaban J connectivity index is 2.78. The molecule has 0 fully saturated rings. The molecule has 1 atom stereocenters. The first-order valence-electron chi connectivity index (χ1n) is 6.12. The van der Waals surface area contributed by atoms with Crippen LogP contribution < -0.4 is 10.1 Å². The van der Waals surface area contributed by atoms with E-state index in [1.54, 1.807) is 19.5 Å². The molecule has 4 heteroatoms. The Morgan fingerprint density at radius 3 is 2.88 bits per heavy atom. The van der Waals surface area contributed by atoms with Gasteiger partial charge in [0.2, 0.25) is 0 Å².